The van der Waals surface area contributed by atoms with Crippen molar-refractivity contribution in [2.24, 2.45) is 19.2 Å². The Morgan fingerprint density at radius 1 is 1.13 bits per heavy atom. The lowest BCUT2D eigenvalue weighted by Crippen LogP contribution is -2.40. The van der Waals surface area contributed by atoms with Gasteiger partial charge in [-0.2, -0.15) is 5.10 Å². The van der Waals surface area contributed by atoms with Crippen molar-refractivity contribution < 1.29 is 9.90 Å². The molecule has 0 aliphatic heterocycles. The minimum Gasteiger partial charge on any atom is -0.508 e. The van der Waals surface area contributed by atoms with Crippen molar-refractivity contribution in [2.45, 2.75) is 6.92 Å². The minimum absolute atomic E-state index is 0.0830. The van der Waals surface area contributed by atoms with Crippen LogP contribution in [-0.4, -0.2) is 25.9 Å². The molecule has 0 bridgehead atoms. The third-order valence-corrected chi connectivity index (χ3v) is 3.37. The summed E-state index contributed by atoms with van der Waals surface area (Å²) in [6, 6.07) is 7.37. The average Bonchev–Trinajstić information content (AvgIpc) is 2.54. The van der Waals surface area contributed by atoms with Gasteiger partial charge in [0.05, 0.1) is 5.71 Å². The molecule has 0 unspecified atom stereocenters. The normalized spacial score (nSPS) is 11.3. The number of hydrogen-bond acceptors (Lipinski definition) is 5. The van der Waals surface area contributed by atoms with Crippen LogP contribution in [0.1, 0.15) is 23.0 Å². The molecule has 0 saturated heterocycles. The Labute approximate surface area is 131 Å². The molecule has 1 heterocycles. The molecule has 1 aromatic carbocycles. The van der Waals surface area contributed by atoms with Crippen LogP contribution in [0.15, 0.2) is 45.0 Å². The van der Waals surface area contributed by atoms with Crippen molar-refractivity contribution in [2.75, 3.05) is 0 Å². The largest absolute Gasteiger partial charge is 0.508 e. The second-order valence-electron chi connectivity index (χ2n) is 4.95. The molecule has 2 rings (SSSR count). The summed E-state index contributed by atoms with van der Waals surface area (Å²) < 4.78 is 1.98. The molecule has 1 aromatic heterocycles. The predicted molar refractivity (Wildman–Crippen MR) is 84.7 cm³/mol. The second kappa shape index (κ2) is 6.30. The van der Waals surface area contributed by atoms with Crippen LogP contribution in [0.25, 0.3) is 0 Å². The highest BCUT2D eigenvalue weighted by Crippen LogP contribution is 2.10. The molecule has 0 fully saturated rings. The van der Waals surface area contributed by atoms with Gasteiger partial charge in [-0.15, -0.1) is 0 Å². The number of carbonyl (C=O) groups is 1. The van der Waals surface area contributed by atoms with Crippen molar-refractivity contribution in [3.63, 3.8) is 0 Å². The molecule has 2 N–H and O–H groups in total. The molecule has 1 amide bonds. The first-order valence-electron chi connectivity index (χ1n) is 6.72. The monoisotopic (exact) mass is 316 g/mol. The van der Waals surface area contributed by atoms with Gasteiger partial charge in [-0.1, -0.05) is 0 Å². The highest BCUT2D eigenvalue weighted by molar-refractivity contribution is 6.00. The van der Waals surface area contributed by atoms with Crippen molar-refractivity contribution in [1.29, 1.82) is 0 Å². The van der Waals surface area contributed by atoms with Crippen LogP contribution in [-0.2, 0) is 14.1 Å². The Hall–Kier alpha value is -3.16. The maximum Gasteiger partial charge on any atom is 0.331 e. The first-order chi connectivity index (χ1) is 10.8. The van der Waals surface area contributed by atoms with Gasteiger partial charge in [0, 0.05) is 20.2 Å². The molecule has 0 radical (unpaired) electrons. The third-order valence-electron chi connectivity index (χ3n) is 3.37. The van der Waals surface area contributed by atoms with E-state index in [4.69, 9.17) is 0 Å². The summed E-state index contributed by atoms with van der Waals surface area (Å²) in [6.45, 7) is 1.68. The van der Waals surface area contributed by atoms with Gasteiger partial charge >= 0.3 is 5.69 Å². The van der Waals surface area contributed by atoms with Crippen LogP contribution in [0.3, 0.4) is 0 Å². The van der Waals surface area contributed by atoms with Crippen LogP contribution in [0.4, 0.5) is 0 Å². The summed E-state index contributed by atoms with van der Waals surface area (Å²) in [5, 5.41) is 13.2. The Balaban J connectivity index is 2.26. The van der Waals surface area contributed by atoms with E-state index in [1.54, 1.807) is 19.1 Å². The molecule has 2 aromatic rings. The van der Waals surface area contributed by atoms with E-state index >= 15 is 0 Å². The molecule has 0 aliphatic carbocycles. The van der Waals surface area contributed by atoms with E-state index in [0.29, 0.717) is 11.3 Å². The van der Waals surface area contributed by atoms with Crippen LogP contribution in [0.2, 0.25) is 0 Å². The van der Waals surface area contributed by atoms with E-state index in [1.165, 1.54) is 26.2 Å². The Kier molecular flexibility index (Phi) is 4.44. The van der Waals surface area contributed by atoms with Crippen molar-refractivity contribution in [3.8, 4) is 5.75 Å². The number of nitrogens with zero attached hydrogens (tertiary/aromatic N) is 3. The fourth-order valence-corrected chi connectivity index (χ4v) is 1.91. The van der Waals surface area contributed by atoms with E-state index in [1.807, 2.05) is 0 Å². The fourth-order valence-electron chi connectivity index (χ4n) is 1.91. The number of amides is 1. The summed E-state index contributed by atoms with van der Waals surface area (Å²) in [7, 11) is 2.73. The SMILES string of the molecule is C/C(=N\NC(=O)c1cc(=O)n(C)c(=O)n1C)c1ccc(O)cc1. The lowest BCUT2D eigenvalue weighted by atomic mass is 10.1. The fraction of sp³-hybridized carbons (Fsp3) is 0.200. The summed E-state index contributed by atoms with van der Waals surface area (Å²) >= 11 is 0. The molecular weight excluding hydrogens is 300 g/mol. The van der Waals surface area contributed by atoms with E-state index in [2.05, 4.69) is 10.5 Å². The Bertz CT molecular complexity index is 891. The summed E-state index contributed by atoms with van der Waals surface area (Å²) in [5.41, 5.74) is 2.27. The lowest BCUT2D eigenvalue weighted by molar-refractivity contribution is 0.0944. The van der Waals surface area contributed by atoms with Crippen molar-refractivity contribution >= 4 is 11.6 Å². The zero-order valence-electron chi connectivity index (χ0n) is 12.9. The van der Waals surface area contributed by atoms with Crippen LogP contribution < -0.4 is 16.7 Å². The highest BCUT2D eigenvalue weighted by Gasteiger charge is 2.13. The number of rotatable bonds is 3. The zero-order valence-corrected chi connectivity index (χ0v) is 12.9. The molecule has 0 spiro atoms. The van der Waals surface area contributed by atoms with Crippen LogP contribution in [0, 0.1) is 0 Å². The number of phenols is 1. The summed E-state index contributed by atoms with van der Waals surface area (Å²) in [4.78, 5) is 35.5. The minimum atomic E-state index is -0.666. The zero-order chi connectivity index (χ0) is 17.1. The number of nitrogens with one attached hydrogen (secondary N) is 1. The van der Waals surface area contributed by atoms with Gasteiger partial charge in [-0.05, 0) is 36.8 Å². The number of benzene rings is 1. The van der Waals surface area contributed by atoms with E-state index in [0.717, 1.165) is 15.2 Å². The van der Waals surface area contributed by atoms with Crippen LogP contribution >= 0.6 is 0 Å². The number of aromatic nitrogens is 2. The first-order valence-corrected chi connectivity index (χ1v) is 6.72. The van der Waals surface area contributed by atoms with Gasteiger partial charge in [0.1, 0.15) is 11.4 Å². The molecule has 120 valence electrons. The number of aromatic hydroxyl groups is 1. The van der Waals surface area contributed by atoms with Gasteiger partial charge < -0.3 is 5.11 Å². The molecule has 8 nitrogen and oxygen atoms in total. The highest BCUT2D eigenvalue weighted by atomic mass is 16.3. The van der Waals surface area contributed by atoms with Gasteiger partial charge in [0.2, 0.25) is 0 Å². The smallest absolute Gasteiger partial charge is 0.331 e. The third kappa shape index (κ3) is 3.37. The lowest BCUT2D eigenvalue weighted by Gasteiger charge is -2.08. The van der Waals surface area contributed by atoms with E-state index < -0.39 is 17.2 Å². The van der Waals surface area contributed by atoms with Gasteiger partial charge in [-0.3, -0.25) is 18.7 Å². The standard InChI is InChI=1S/C15H16N4O4/c1-9(10-4-6-11(20)7-5-10)16-17-14(22)12-8-13(21)19(3)15(23)18(12)2/h4-8,20H,1-3H3,(H,17,22)/b16-9+. The number of phenolic OH excluding ortho intramolecular Hbond substituents is 1. The Morgan fingerprint density at radius 3 is 2.35 bits per heavy atom. The Morgan fingerprint density at radius 2 is 1.74 bits per heavy atom. The number of carbonyl (C=O) groups excluding carboxylic acids is 1. The predicted octanol–water partition coefficient (Wildman–Crippen LogP) is -0.0564. The van der Waals surface area contributed by atoms with Crippen molar-refractivity contribution in [3.05, 3.63) is 62.4 Å². The summed E-state index contributed by atoms with van der Waals surface area (Å²) in [5.74, 6) is -0.541. The molecule has 0 saturated carbocycles. The maximum atomic E-state index is 12.1. The molecule has 8 heteroatoms. The van der Waals surface area contributed by atoms with E-state index in [9.17, 15) is 19.5 Å². The van der Waals surface area contributed by atoms with Gasteiger partial charge in [-0.25, -0.2) is 10.2 Å². The number of hydrazone groups is 1. The van der Waals surface area contributed by atoms with E-state index in [-0.39, 0.29) is 11.4 Å². The van der Waals surface area contributed by atoms with Gasteiger partial charge in [0.25, 0.3) is 11.5 Å². The first kappa shape index (κ1) is 16.2. The molecule has 0 aliphatic rings. The molecular formula is C15H16N4O4. The summed E-state index contributed by atoms with van der Waals surface area (Å²) in [6.07, 6.45) is 0. The maximum absolute atomic E-state index is 12.1. The van der Waals surface area contributed by atoms with Gasteiger partial charge in [0.15, 0.2) is 0 Å². The average molecular weight is 316 g/mol. The number of hydrogen-bond donors (Lipinski definition) is 2. The molecule has 0 atom stereocenters. The quantitative estimate of drug-likeness (QED) is 0.611. The topological polar surface area (TPSA) is 106 Å². The van der Waals surface area contributed by atoms with Crippen LogP contribution in [0.5, 0.6) is 5.75 Å². The van der Waals surface area contributed by atoms with Crippen molar-refractivity contribution in [1.82, 2.24) is 14.6 Å². The molecule has 23 heavy (non-hydrogen) atoms. The second-order valence-corrected chi connectivity index (χ2v) is 4.95.